The lowest BCUT2D eigenvalue weighted by molar-refractivity contribution is -0.123. The summed E-state index contributed by atoms with van der Waals surface area (Å²) in [5, 5.41) is 5.54. The molecule has 0 bridgehead atoms. The van der Waals surface area contributed by atoms with E-state index in [2.05, 4.69) is 10.6 Å². The molecule has 0 aliphatic rings. The Kier molecular flexibility index (Phi) is 6.25. The third-order valence-electron chi connectivity index (χ3n) is 3.81. The number of carbonyl (C=O) groups excluding carboxylic acids is 2. The van der Waals surface area contributed by atoms with Gasteiger partial charge >= 0.3 is 0 Å². The molecule has 0 spiro atoms. The standard InChI is InChI=1S/C21H20N2O4/c24-20(22-13-12-16-5-2-1-3-6-16)15-27-18-10-8-17(9-11-18)23-21(25)19-7-4-14-26-19/h1-11,14H,12-13,15H2,(H,22,24)(H,23,25). The molecule has 0 radical (unpaired) electrons. The lowest BCUT2D eigenvalue weighted by Crippen LogP contribution is -2.30. The van der Waals surface area contributed by atoms with E-state index in [9.17, 15) is 9.59 Å². The average Bonchev–Trinajstić information content (AvgIpc) is 3.23. The lowest BCUT2D eigenvalue weighted by Gasteiger charge is -2.09. The summed E-state index contributed by atoms with van der Waals surface area (Å²) in [7, 11) is 0. The van der Waals surface area contributed by atoms with Crippen LogP contribution < -0.4 is 15.4 Å². The second-order valence-electron chi connectivity index (χ2n) is 5.83. The average molecular weight is 364 g/mol. The molecular weight excluding hydrogens is 344 g/mol. The van der Waals surface area contributed by atoms with Gasteiger partial charge in [-0.1, -0.05) is 30.3 Å². The highest BCUT2D eigenvalue weighted by Gasteiger charge is 2.08. The van der Waals surface area contributed by atoms with Crippen LogP contribution in [0.15, 0.2) is 77.4 Å². The minimum atomic E-state index is -0.327. The van der Waals surface area contributed by atoms with Gasteiger partial charge in [-0.15, -0.1) is 0 Å². The highest BCUT2D eigenvalue weighted by molar-refractivity contribution is 6.02. The maximum absolute atomic E-state index is 11.9. The largest absolute Gasteiger partial charge is 0.484 e. The minimum absolute atomic E-state index is 0.0626. The van der Waals surface area contributed by atoms with Gasteiger partial charge in [-0.05, 0) is 48.4 Å². The molecule has 0 unspecified atom stereocenters. The van der Waals surface area contributed by atoms with E-state index >= 15 is 0 Å². The van der Waals surface area contributed by atoms with E-state index in [0.29, 0.717) is 18.0 Å². The highest BCUT2D eigenvalue weighted by atomic mass is 16.5. The number of anilines is 1. The van der Waals surface area contributed by atoms with Crippen molar-refractivity contribution in [2.75, 3.05) is 18.5 Å². The molecule has 0 aliphatic carbocycles. The zero-order chi connectivity index (χ0) is 18.9. The topological polar surface area (TPSA) is 80.6 Å². The molecule has 6 nitrogen and oxygen atoms in total. The number of rotatable bonds is 8. The maximum Gasteiger partial charge on any atom is 0.291 e. The molecule has 2 amide bonds. The van der Waals surface area contributed by atoms with Crippen molar-refractivity contribution in [2.24, 2.45) is 0 Å². The fourth-order valence-electron chi connectivity index (χ4n) is 2.43. The van der Waals surface area contributed by atoms with Gasteiger partial charge < -0.3 is 19.8 Å². The van der Waals surface area contributed by atoms with Gasteiger partial charge in [-0.25, -0.2) is 0 Å². The van der Waals surface area contributed by atoms with Crippen LogP contribution >= 0.6 is 0 Å². The van der Waals surface area contributed by atoms with E-state index in [1.807, 2.05) is 30.3 Å². The molecule has 0 aliphatic heterocycles. The summed E-state index contributed by atoms with van der Waals surface area (Å²) in [5.74, 6) is 0.277. The van der Waals surface area contributed by atoms with Crippen LogP contribution in [0.2, 0.25) is 0 Å². The molecule has 3 aromatic rings. The second kappa shape index (κ2) is 9.24. The number of amides is 2. The van der Waals surface area contributed by atoms with Crippen LogP contribution in [0.1, 0.15) is 16.1 Å². The summed E-state index contributed by atoms with van der Waals surface area (Å²) in [6, 6.07) is 20.0. The predicted molar refractivity (Wildman–Crippen MR) is 102 cm³/mol. The van der Waals surface area contributed by atoms with Crippen molar-refractivity contribution in [1.82, 2.24) is 5.32 Å². The third-order valence-corrected chi connectivity index (χ3v) is 3.81. The first kappa shape index (κ1) is 18.3. The number of nitrogens with one attached hydrogen (secondary N) is 2. The number of hydrogen-bond acceptors (Lipinski definition) is 4. The maximum atomic E-state index is 11.9. The number of carbonyl (C=O) groups is 2. The Balaban J connectivity index is 1.39. The Hall–Kier alpha value is -3.54. The second-order valence-corrected chi connectivity index (χ2v) is 5.83. The zero-order valence-corrected chi connectivity index (χ0v) is 14.7. The third kappa shape index (κ3) is 5.74. The van der Waals surface area contributed by atoms with Crippen molar-refractivity contribution in [3.05, 3.63) is 84.3 Å². The Labute approximate surface area is 157 Å². The zero-order valence-electron chi connectivity index (χ0n) is 14.7. The smallest absolute Gasteiger partial charge is 0.291 e. The molecule has 2 aromatic carbocycles. The first-order valence-corrected chi connectivity index (χ1v) is 8.59. The van der Waals surface area contributed by atoms with Crippen LogP contribution in [-0.4, -0.2) is 25.0 Å². The van der Waals surface area contributed by atoms with E-state index < -0.39 is 0 Å². The van der Waals surface area contributed by atoms with E-state index in [0.717, 1.165) is 6.42 Å². The fourth-order valence-corrected chi connectivity index (χ4v) is 2.43. The van der Waals surface area contributed by atoms with Crippen molar-refractivity contribution < 1.29 is 18.7 Å². The lowest BCUT2D eigenvalue weighted by atomic mass is 10.1. The molecule has 3 rings (SSSR count). The molecule has 1 heterocycles. The van der Waals surface area contributed by atoms with E-state index in [1.165, 1.54) is 11.8 Å². The molecule has 6 heteroatoms. The first-order valence-electron chi connectivity index (χ1n) is 8.59. The summed E-state index contributed by atoms with van der Waals surface area (Å²) < 4.78 is 10.5. The Morgan fingerprint density at radius 2 is 1.70 bits per heavy atom. The minimum Gasteiger partial charge on any atom is -0.484 e. The van der Waals surface area contributed by atoms with Crippen molar-refractivity contribution in [1.29, 1.82) is 0 Å². The predicted octanol–water partition coefficient (Wildman–Crippen LogP) is 3.27. The summed E-state index contributed by atoms with van der Waals surface area (Å²) in [4.78, 5) is 23.7. The van der Waals surface area contributed by atoms with Gasteiger partial charge in [0.05, 0.1) is 6.26 Å². The van der Waals surface area contributed by atoms with Gasteiger partial charge in [0, 0.05) is 12.2 Å². The van der Waals surface area contributed by atoms with Crippen LogP contribution in [0.4, 0.5) is 5.69 Å². The summed E-state index contributed by atoms with van der Waals surface area (Å²) in [6.07, 6.45) is 2.22. The Bertz CT molecular complexity index is 859. The molecule has 0 saturated heterocycles. The van der Waals surface area contributed by atoms with Crippen LogP contribution in [0.5, 0.6) is 5.75 Å². The fraction of sp³-hybridized carbons (Fsp3) is 0.143. The van der Waals surface area contributed by atoms with Crippen LogP contribution in [0.3, 0.4) is 0 Å². The molecule has 138 valence electrons. The van der Waals surface area contributed by atoms with Crippen molar-refractivity contribution in [3.63, 3.8) is 0 Å². The molecule has 27 heavy (non-hydrogen) atoms. The van der Waals surface area contributed by atoms with Crippen molar-refractivity contribution in [3.8, 4) is 5.75 Å². The Morgan fingerprint density at radius 1 is 0.926 bits per heavy atom. The van der Waals surface area contributed by atoms with Gasteiger partial charge in [0.25, 0.3) is 11.8 Å². The summed E-state index contributed by atoms with van der Waals surface area (Å²) in [6.45, 7) is 0.497. The summed E-state index contributed by atoms with van der Waals surface area (Å²) >= 11 is 0. The van der Waals surface area contributed by atoms with Gasteiger partial charge in [-0.2, -0.15) is 0 Å². The van der Waals surface area contributed by atoms with Crippen molar-refractivity contribution >= 4 is 17.5 Å². The van der Waals surface area contributed by atoms with E-state index in [1.54, 1.807) is 36.4 Å². The van der Waals surface area contributed by atoms with Gasteiger partial charge in [0.2, 0.25) is 0 Å². The number of ether oxygens (including phenoxy) is 1. The van der Waals surface area contributed by atoms with Crippen molar-refractivity contribution in [2.45, 2.75) is 6.42 Å². The normalized spacial score (nSPS) is 10.2. The number of benzene rings is 2. The Morgan fingerprint density at radius 3 is 2.41 bits per heavy atom. The van der Waals surface area contributed by atoms with E-state index in [4.69, 9.17) is 9.15 Å². The van der Waals surface area contributed by atoms with E-state index in [-0.39, 0.29) is 24.2 Å². The quantitative estimate of drug-likeness (QED) is 0.643. The highest BCUT2D eigenvalue weighted by Crippen LogP contribution is 2.16. The molecular formula is C21H20N2O4. The van der Waals surface area contributed by atoms with Crippen LogP contribution in [0, 0.1) is 0 Å². The molecule has 0 saturated carbocycles. The van der Waals surface area contributed by atoms with Crippen LogP contribution in [-0.2, 0) is 11.2 Å². The molecule has 1 aromatic heterocycles. The van der Waals surface area contributed by atoms with Gasteiger partial charge in [0.15, 0.2) is 12.4 Å². The van der Waals surface area contributed by atoms with Crippen LogP contribution in [0.25, 0.3) is 0 Å². The SMILES string of the molecule is O=C(COc1ccc(NC(=O)c2ccco2)cc1)NCCc1ccccc1. The molecule has 0 atom stereocenters. The van der Waals surface area contributed by atoms with Gasteiger partial charge in [-0.3, -0.25) is 9.59 Å². The first-order chi connectivity index (χ1) is 13.2. The monoisotopic (exact) mass is 364 g/mol. The summed E-state index contributed by atoms with van der Waals surface area (Å²) in [5.41, 5.74) is 1.78. The number of furan rings is 1. The number of hydrogen-bond donors (Lipinski definition) is 2. The molecule has 0 fully saturated rings. The molecule has 2 N–H and O–H groups in total. The van der Waals surface area contributed by atoms with Gasteiger partial charge in [0.1, 0.15) is 5.75 Å².